The van der Waals surface area contributed by atoms with Crippen molar-refractivity contribution < 1.29 is 0 Å². The van der Waals surface area contributed by atoms with Crippen molar-refractivity contribution in [3.63, 3.8) is 0 Å². The number of allylic oxidation sites excluding steroid dienone is 3. The lowest BCUT2D eigenvalue weighted by atomic mass is 9.87. The van der Waals surface area contributed by atoms with Crippen LogP contribution in [0.5, 0.6) is 0 Å². The molecule has 2 atom stereocenters. The van der Waals surface area contributed by atoms with Crippen LogP contribution in [0.15, 0.2) is 23.4 Å². The van der Waals surface area contributed by atoms with Gasteiger partial charge in [-0.1, -0.05) is 19.9 Å². The van der Waals surface area contributed by atoms with E-state index < -0.39 is 0 Å². The molecule has 0 amide bonds. The Balaban J connectivity index is 2.17. The molecule has 2 heteroatoms. The molecule has 1 heterocycles. The zero-order chi connectivity index (χ0) is 12.3. The predicted molar refractivity (Wildman–Crippen MR) is 73.9 cm³/mol. The van der Waals surface area contributed by atoms with Crippen LogP contribution >= 0.6 is 0 Å². The number of nitrogens with zero attached hydrogens (tertiary/aromatic N) is 1. The molecule has 0 aromatic heterocycles. The maximum atomic E-state index is 3.33. The molecular weight excluding hydrogens is 208 g/mol. The molecule has 2 rings (SSSR count). The normalized spacial score (nSPS) is 26.1. The largest absolute Gasteiger partial charge is 0.367 e. The van der Waals surface area contributed by atoms with Crippen molar-refractivity contribution in [2.45, 2.75) is 45.6 Å². The second-order valence-corrected chi connectivity index (χ2v) is 5.45. The van der Waals surface area contributed by atoms with Crippen molar-refractivity contribution in [2.75, 3.05) is 20.1 Å². The van der Waals surface area contributed by atoms with E-state index in [2.05, 4.69) is 43.3 Å². The second-order valence-electron chi connectivity index (χ2n) is 5.45. The van der Waals surface area contributed by atoms with E-state index in [1.54, 1.807) is 5.57 Å². The number of nitrogens with one attached hydrogen (secondary N) is 1. The van der Waals surface area contributed by atoms with Gasteiger partial charge in [0.2, 0.25) is 0 Å². The second kappa shape index (κ2) is 5.72. The van der Waals surface area contributed by atoms with Gasteiger partial charge >= 0.3 is 0 Å². The average Bonchev–Trinajstić information content (AvgIpc) is 2.35. The molecule has 0 aromatic rings. The molecule has 0 bridgehead atoms. The van der Waals surface area contributed by atoms with Crippen LogP contribution < -0.4 is 5.32 Å². The summed E-state index contributed by atoms with van der Waals surface area (Å²) in [6.45, 7) is 6.95. The van der Waals surface area contributed by atoms with E-state index in [4.69, 9.17) is 0 Å². The monoisotopic (exact) mass is 234 g/mol. The quantitative estimate of drug-likeness (QED) is 0.804. The maximum absolute atomic E-state index is 3.33. The highest BCUT2D eigenvalue weighted by Crippen LogP contribution is 2.33. The molecule has 2 unspecified atom stereocenters. The Labute approximate surface area is 106 Å². The maximum Gasteiger partial charge on any atom is 0.0411 e. The minimum Gasteiger partial charge on any atom is -0.367 e. The van der Waals surface area contributed by atoms with Crippen molar-refractivity contribution >= 4 is 0 Å². The van der Waals surface area contributed by atoms with Crippen molar-refractivity contribution in [3.8, 4) is 0 Å². The highest BCUT2D eigenvalue weighted by molar-refractivity contribution is 5.32. The first kappa shape index (κ1) is 12.7. The first-order valence-corrected chi connectivity index (χ1v) is 7.07. The van der Waals surface area contributed by atoms with Crippen molar-refractivity contribution in [2.24, 2.45) is 5.92 Å². The first-order valence-electron chi connectivity index (χ1n) is 7.07. The number of hydrogen-bond donors (Lipinski definition) is 1. The van der Waals surface area contributed by atoms with E-state index in [1.165, 1.54) is 37.9 Å². The fraction of sp³-hybridized carbons (Fsp3) is 0.733. The summed E-state index contributed by atoms with van der Waals surface area (Å²) < 4.78 is 0. The standard InChI is InChI=1S/C15H26N2/c1-4-14(11-16-3)17-9-5-6-13-10-12(2)7-8-15(13)17/h7-8,12,14,16H,4-6,9-11H2,1-3H3. The Morgan fingerprint density at radius 2 is 2.35 bits per heavy atom. The first-order chi connectivity index (χ1) is 8.26. The van der Waals surface area contributed by atoms with Crippen LogP contribution in [0, 0.1) is 5.92 Å². The third-order valence-corrected chi connectivity index (χ3v) is 4.05. The molecule has 0 saturated heterocycles. The highest BCUT2D eigenvalue weighted by Gasteiger charge is 2.25. The molecule has 2 nitrogen and oxygen atoms in total. The molecule has 1 N–H and O–H groups in total. The molecule has 0 spiro atoms. The number of likely N-dealkylation sites (N-methyl/N-ethyl adjacent to an activating group) is 1. The molecule has 17 heavy (non-hydrogen) atoms. The van der Waals surface area contributed by atoms with Crippen LogP contribution in [0.1, 0.15) is 39.5 Å². The molecule has 0 radical (unpaired) electrons. The zero-order valence-electron chi connectivity index (χ0n) is 11.5. The van der Waals surface area contributed by atoms with E-state index in [-0.39, 0.29) is 0 Å². The van der Waals surface area contributed by atoms with Gasteiger partial charge in [-0.2, -0.15) is 0 Å². The third-order valence-electron chi connectivity index (χ3n) is 4.05. The molecule has 0 aromatic carbocycles. The van der Waals surface area contributed by atoms with Crippen molar-refractivity contribution in [3.05, 3.63) is 23.4 Å². The average molecular weight is 234 g/mol. The highest BCUT2D eigenvalue weighted by atomic mass is 15.2. The van der Waals surface area contributed by atoms with Gasteiger partial charge < -0.3 is 10.2 Å². The van der Waals surface area contributed by atoms with Crippen LogP contribution in [-0.2, 0) is 0 Å². The van der Waals surface area contributed by atoms with E-state index in [9.17, 15) is 0 Å². The number of hydrogen-bond acceptors (Lipinski definition) is 2. The summed E-state index contributed by atoms with van der Waals surface area (Å²) in [5, 5.41) is 3.33. The van der Waals surface area contributed by atoms with Crippen LogP contribution in [0.3, 0.4) is 0 Å². The lowest BCUT2D eigenvalue weighted by Gasteiger charge is -2.40. The van der Waals surface area contributed by atoms with Gasteiger partial charge in [0.15, 0.2) is 0 Å². The van der Waals surface area contributed by atoms with Crippen LogP contribution in [-0.4, -0.2) is 31.1 Å². The molecule has 0 fully saturated rings. The van der Waals surface area contributed by atoms with Gasteiger partial charge in [-0.15, -0.1) is 0 Å². The summed E-state index contributed by atoms with van der Waals surface area (Å²) in [6.07, 6.45) is 9.90. The van der Waals surface area contributed by atoms with E-state index in [1.807, 2.05) is 0 Å². The van der Waals surface area contributed by atoms with Crippen molar-refractivity contribution in [1.29, 1.82) is 0 Å². The summed E-state index contributed by atoms with van der Waals surface area (Å²) in [5.41, 5.74) is 3.23. The topological polar surface area (TPSA) is 15.3 Å². The van der Waals surface area contributed by atoms with E-state index in [0.29, 0.717) is 6.04 Å². The molecule has 2 aliphatic rings. The lowest BCUT2D eigenvalue weighted by Crippen LogP contribution is -2.43. The molecular formula is C15H26N2. The fourth-order valence-electron chi connectivity index (χ4n) is 3.14. The minimum absolute atomic E-state index is 0.656. The van der Waals surface area contributed by atoms with Crippen LogP contribution in [0.2, 0.25) is 0 Å². The Morgan fingerprint density at radius 1 is 1.53 bits per heavy atom. The predicted octanol–water partition coefficient (Wildman–Crippen LogP) is 2.93. The SMILES string of the molecule is CCC(CNC)N1CCCC2=C1C=CC(C)C2. The summed E-state index contributed by atoms with van der Waals surface area (Å²) in [7, 11) is 2.06. The summed E-state index contributed by atoms with van der Waals surface area (Å²) >= 11 is 0. The molecule has 96 valence electrons. The molecule has 1 aliphatic heterocycles. The molecule has 0 saturated carbocycles. The van der Waals surface area contributed by atoms with Gasteiger partial charge in [0.1, 0.15) is 0 Å². The van der Waals surface area contributed by atoms with Gasteiger partial charge in [-0.25, -0.2) is 0 Å². The third kappa shape index (κ3) is 2.74. The van der Waals surface area contributed by atoms with Crippen LogP contribution in [0.25, 0.3) is 0 Å². The smallest absolute Gasteiger partial charge is 0.0411 e. The Bertz CT molecular complexity index is 317. The lowest BCUT2D eigenvalue weighted by molar-refractivity contribution is 0.227. The van der Waals surface area contributed by atoms with Gasteiger partial charge in [-0.3, -0.25) is 0 Å². The van der Waals surface area contributed by atoms with Gasteiger partial charge in [0, 0.05) is 24.8 Å². The van der Waals surface area contributed by atoms with E-state index >= 15 is 0 Å². The van der Waals surface area contributed by atoms with Crippen molar-refractivity contribution in [1.82, 2.24) is 10.2 Å². The van der Waals surface area contributed by atoms with Gasteiger partial charge in [0.25, 0.3) is 0 Å². The Kier molecular flexibility index (Phi) is 4.27. The number of rotatable bonds is 4. The molecule has 1 aliphatic carbocycles. The Hall–Kier alpha value is -0.760. The van der Waals surface area contributed by atoms with Crippen LogP contribution in [0.4, 0.5) is 0 Å². The van der Waals surface area contributed by atoms with E-state index in [0.717, 1.165) is 12.5 Å². The summed E-state index contributed by atoms with van der Waals surface area (Å²) in [6, 6.07) is 0.656. The van der Waals surface area contributed by atoms with Gasteiger partial charge in [0.05, 0.1) is 0 Å². The minimum atomic E-state index is 0.656. The summed E-state index contributed by atoms with van der Waals surface area (Å²) in [5.74, 6) is 0.734. The zero-order valence-corrected chi connectivity index (χ0v) is 11.5. The Morgan fingerprint density at radius 3 is 3.06 bits per heavy atom. The fourth-order valence-corrected chi connectivity index (χ4v) is 3.14. The summed E-state index contributed by atoms with van der Waals surface area (Å²) in [4.78, 5) is 2.64. The van der Waals surface area contributed by atoms with Gasteiger partial charge in [-0.05, 0) is 50.3 Å².